The van der Waals surface area contributed by atoms with E-state index in [0.29, 0.717) is 0 Å². The van der Waals surface area contributed by atoms with E-state index in [0.717, 1.165) is 36.1 Å². The molecule has 3 atom stereocenters. The predicted octanol–water partition coefficient (Wildman–Crippen LogP) is 2.04. The normalized spacial score (nSPS) is 30.8. The van der Waals surface area contributed by atoms with Gasteiger partial charge in [0.2, 0.25) is 11.8 Å². The Bertz CT molecular complexity index is 906. The van der Waals surface area contributed by atoms with Crippen LogP contribution in [0.4, 0.5) is 5.69 Å². The molecule has 0 radical (unpaired) electrons. The zero-order valence-corrected chi connectivity index (χ0v) is 14.4. The lowest BCUT2D eigenvalue weighted by atomic mass is 9.53. The summed E-state index contributed by atoms with van der Waals surface area (Å²) in [4.78, 5) is 25.9. The van der Waals surface area contributed by atoms with Crippen molar-refractivity contribution in [3.8, 4) is 0 Å². The highest BCUT2D eigenvalue weighted by Gasteiger charge is 2.73. The Morgan fingerprint density at radius 3 is 2.38 bits per heavy atom. The van der Waals surface area contributed by atoms with E-state index in [1.165, 1.54) is 0 Å². The average molecular weight is 347 g/mol. The smallest absolute Gasteiger partial charge is 0.237 e. The average Bonchev–Trinajstić information content (AvgIpc) is 3.10. The summed E-state index contributed by atoms with van der Waals surface area (Å²) in [5.41, 5.74) is 7.36. The maximum Gasteiger partial charge on any atom is 0.237 e. The number of benzene rings is 2. The van der Waals surface area contributed by atoms with Gasteiger partial charge < -0.3 is 11.1 Å². The summed E-state index contributed by atoms with van der Waals surface area (Å²) in [5, 5.41) is 6.60. The number of nitrogens with two attached hydrogens (primary N) is 1. The summed E-state index contributed by atoms with van der Waals surface area (Å²) in [7, 11) is 0. The molecule has 1 saturated carbocycles. The summed E-state index contributed by atoms with van der Waals surface area (Å²) in [5.74, 6) is -0.757. The molecule has 0 bridgehead atoms. The number of hydrogen-bond donors (Lipinski definition) is 3. The first-order valence-electron chi connectivity index (χ1n) is 9.13. The molecule has 2 amide bonds. The van der Waals surface area contributed by atoms with Crippen LogP contribution in [0.25, 0.3) is 0 Å². The monoisotopic (exact) mass is 347 g/mol. The summed E-state index contributed by atoms with van der Waals surface area (Å²) in [6.45, 7) is 0. The Balaban J connectivity index is 1.82. The van der Waals surface area contributed by atoms with Crippen molar-refractivity contribution in [3.05, 3.63) is 65.7 Å². The van der Waals surface area contributed by atoms with E-state index >= 15 is 0 Å². The quantitative estimate of drug-likeness (QED) is 0.777. The number of nitrogens with one attached hydrogen (secondary N) is 2. The van der Waals surface area contributed by atoms with Crippen LogP contribution in [0.1, 0.15) is 36.3 Å². The predicted molar refractivity (Wildman–Crippen MR) is 98.6 cm³/mol. The van der Waals surface area contributed by atoms with Gasteiger partial charge in [-0.15, -0.1) is 0 Å². The molecule has 0 aromatic heterocycles. The highest BCUT2D eigenvalue weighted by molar-refractivity contribution is 6.10. The van der Waals surface area contributed by atoms with Crippen molar-refractivity contribution < 1.29 is 9.59 Å². The molecule has 1 aliphatic carbocycles. The van der Waals surface area contributed by atoms with Gasteiger partial charge in [-0.1, -0.05) is 48.5 Å². The highest BCUT2D eigenvalue weighted by Crippen LogP contribution is 2.63. The summed E-state index contributed by atoms with van der Waals surface area (Å²) < 4.78 is 0. The molecule has 2 aromatic rings. The number of primary amides is 1. The fraction of sp³-hybridized carbons (Fsp3) is 0.333. The van der Waals surface area contributed by atoms with Crippen LogP contribution in [0, 0.1) is 0 Å². The minimum absolute atomic E-state index is 0.0245. The van der Waals surface area contributed by atoms with Gasteiger partial charge in [-0.25, -0.2) is 0 Å². The minimum Gasteiger partial charge on any atom is -0.368 e. The van der Waals surface area contributed by atoms with E-state index in [4.69, 9.17) is 5.73 Å². The summed E-state index contributed by atoms with van der Waals surface area (Å²) in [6.07, 6.45) is 2.76. The lowest BCUT2D eigenvalue weighted by Gasteiger charge is -2.50. The molecule has 2 heterocycles. The topological polar surface area (TPSA) is 84.2 Å². The molecule has 3 unspecified atom stereocenters. The highest BCUT2D eigenvalue weighted by atomic mass is 16.2. The van der Waals surface area contributed by atoms with Crippen LogP contribution in [0.15, 0.2) is 54.6 Å². The number of hydrogen-bond acceptors (Lipinski definition) is 3. The number of fused-ring (bicyclic) bond motifs is 3. The summed E-state index contributed by atoms with van der Waals surface area (Å²) in [6, 6.07) is 17.1. The van der Waals surface area contributed by atoms with E-state index in [1.807, 2.05) is 54.6 Å². The van der Waals surface area contributed by atoms with Gasteiger partial charge in [-0.2, -0.15) is 0 Å². The molecular weight excluding hydrogens is 326 g/mol. The Hall–Kier alpha value is -2.66. The maximum atomic E-state index is 13.5. The third-order valence-corrected chi connectivity index (χ3v) is 6.62. The van der Waals surface area contributed by atoms with E-state index in [9.17, 15) is 9.59 Å². The lowest BCUT2D eigenvalue weighted by molar-refractivity contribution is -0.125. The minimum atomic E-state index is -0.817. The van der Waals surface area contributed by atoms with E-state index < -0.39 is 22.9 Å². The van der Waals surface area contributed by atoms with Crippen LogP contribution in [-0.2, 0) is 15.0 Å². The third-order valence-electron chi connectivity index (χ3n) is 6.62. The Morgan fingerprint density at radius 1 is 1.04 bits per heavy atom. The molecule has 5 rings (SSSR count). The van der Waals surface area contributed by atoms with Gasteiger partial charge in [-0.3, -0.25) is 14.9 Å². The van der Waals surface area contributed by atoms with Gasteiger partial charge in [0.15, 0.2) is 0 Å². The molecule has 3 aliphatic rings. The molecule has 2 aliphatic heterocycles. The molecule has 2 aromatic carbocycles. The van der Waals surface area contributed by atoms with Crippen molar-refractivity contribution in [2.45, 2.75) is 42.2 Å². The molecular formula is C21H21N3O2. The van der Waals surface area contributed by atoms with Gasteiger partial charge in [0.05, 0.1) is 6.04 Å². The SMILES string of the molecule is NC(=O)C1NC2(CCC2)C2(C(=O)Nc3ccccc32)C1c1ccccc1. The van der Waals surface area contributed by atoms with Crippen molar-refractivity contribution >= 4 is 17.5 Å². The van der Waals surface area contributed by atoms with Crippen molar-refractivity contribution in [3.63, 3.8) is 0 Å². The zero-order valence-electron chi connectivity index (χ0n) is 14.4. The first-order valence-corrected chi connectivity index (χ1v) is 9.13. The van der Waals surface area contributed by atoms with Gasteiger partial charge in [0.1, 0.15) is 5.41 Å². The second-order valence-electron chi connectivity index (χ2n) is 7.66. The second kappa shape index (κ2) is 5.17. The first-order chi connectivity index (χ1) is 12.6. The Kier molecular flexibility index (Phi) is 3.10. The number of amides is 2. The number of para-hydroxylation sites is 1. The molecule has 5 nitrogen and oxygen atoms in total. The molecule has 2 fully saturated rings. The number of carbonyl (C=O) groups is 2. The van der Waals surface area contributed by atoms with Crippen molar-refractivity contribution in [1.29, 1.82) is 0 Å². The first kappa shape index (κ1) is 15.6. The zero-order chi connectivity index (χ0) is 17.9. The van der Waals surface area contributed by atoms with Crippen LogP contribution in [0.5, 0.6) is 0 Å². The Morgan fingerprint density at radius 2 is 1.73 bits per heavy atom. The number of anilines is 1. The van der Waals surface area contributed by atoms with Crippen LogP contribution in [-0.4, -0.2) is 23.4 Å². The molecule has 1 saturated heterocycles. The van der Waals surface area contributed by atoms with E-state index in [2.05, 4.69) is 10.6 Å². The van der Waals surface area contributed by atoms with Crippen LogP contribution < -0.4 is 16.4 Å². The van der Waals surface area contributed by atoms with Crippen LogP contribution in [0.2, 0.25) is 0 Å². The van der Waals surface area contributed by atoms with Gasteiger partial charge in [0, 0.05) is 17.1 Å². The van der Waals surface area contributed by atoms with Gasteiger partial charge in [-0.05, 0) is 36.5 Å². The largest absolute Gasteiger partial charge is 0.368 e. The lowest BCUT2D eigenvalue weighted by Crippen LogP contribution is -2.63. The Labute approximate surface area is 152 Å². The van der Waals surface area contributed by atoms with Crippen molar-refractivity contribution in [2.24, 2.45) is 5.73 Å². The van der Waals surface area contributed by atoms with Crippen LogP contribution in [0.3, 0.4) is 0 Å². The number of rotatable bonds is 2. The summed E-state index contributed by atoms with van der Waals surface area (Å²) >= 11 is 0. The van der Waals surface area contributed by atoms with Gasteiger partial charge in [0.25, 0.3) is 0 Å². The van der Waals surface area contributed by atoms with Crippen molar-refractivity contribution in [2.75, 3.05) is 5.32 Å². The molecule has 4 N–H and O–H groups in total. The molecule has 2 spiro atoms. The standard InChI is InChI=1S/C21H21N3O2/c22-18(25)17-16(13-7-2-1-3-8-13)21(20(24-17)11-6-12-20)14-9-4-5-10-15(14)23-19(21)26/h1-5,7-10,16-17,24H,6,11-12H2,(H2,22,25)(H,23,26). The second-order valence-corrected chi connectivity index (χ2v) is 7.66. The van der Waals surface area contributed by atoms with Crippen molar-refractivity contribution in [1.82, 2.24) is 5.32 Å². The molecule has 132 valence electrons. The maximum absolute atomic E-state index is 13.5. The fourth-order valence-electron chi connectivity index (χ4n) is 5.51. The number of carbonyl (C=O) groups excluding carboxylic acids is 2. The van der Waals surface area contributed by atoms with Gasteiger partial charge >= 0.3 is 0 Å². The van der Waals surface area contributed by atoms with E-state index in [1.54, 1.807) is 0 Å². The fourth-order valence-corrected chi connectivity index (χ4v) is 5.51. The molecule has 5 heteroatoms. The molecule has 26 heavy (non-hydrogen) atoms. The van der Waals surface area contributed by atoms with Crippen LogP contribution >= 0.6 is 0 Å². The van der Waals surface area contributed by atoms with E-state index in [-0.39, 0.29) is 11.8 Å². The third kappa shape index (κ3) is 1.69.